The molecule has 1 aliphatic heterocycles. The van der Waals surface area contributed by atoms with E-state index in [1.807, 2.05) is 44.1 Å². The number of carboxylic acid groups (broad SMARTS) is 1. The Labute approximate surface area is 182 Å². The zero-order valence-corrected chi connectivity index (χ0v) is 18.3. The molecule has 0 spiro atoms. The van der Waals surface area contributed by atoms with E-state index >= 15 is 0 Å². The molecule has 0 radical (unpaired) electrons. The molecule has 2 aromatic carbocycles. The number of amides is 3. The summed E-state index contributed by atoms with van der Waals surface area (Å²) in [5, 5.41) is 12.5. The van der Waals surface area contributed by atoms with Gasteiger partial charge < -0.3 is 20.2 Å². The predicted molar refractivity (Wildman–Crippen MR) is 121 cm³/mol. The van der Waals surface area contributed by atoms with Crippen molar-refractivity contribution in [3.8, 4) is 11.1 Å². The summed E-state index contributed by atoms with van der Waals surface area (Å²) < 4.78 is 0. The van der Waals surface area contributed by atoms with Crippen LogP contribution in [0, 0.1) is 0 Å². The molecule has 1 atom stereocenters. The lowest BCUT2D eigenvalue weighted by Gasteiger charge is -2.39. The van der Waals surface area contributed by atoms with E-state index in [0.29, 0.717) is 23.5 Å². The van der Waals surface area contributed by atoms with Crippen LogP contribution in [0.4, 0.5) is 16.2 Å². The minimum absolute atomic E-state index is 0.129. The molecule has 0 aromatic heterocycles. The van der Waals surface area contributed by atoms with Crippen molar-refractivity contribution in [2.75, 3.05) is 43.5 Å². The Kier molecular flexibility index (Phi) is 6.60. The molecule has 0 unspecified atom stereocenters. The van der Waals surface area contributed by atoms with Crippen LogP contribution in [0.1, 0.15) is 24.2 Å². The summed E-state index contributed by atoms with van der Waals surface area (Å²) in [6.07, 6.45) is -1.06. The first-order valence-corrected chi connectivity index (χ1v) is 10.2. The summed E-state index contributed by atoms with van der Waals surface area (Å²) in [5.41, 5.74) is 3.27. The van der Waals surface area contributed by atoms with Crippen LogP contribution < -0.4 is 15.1 Å². The van der Waals surface area contributed by atoms with Gasteiger partial charge in [-0.2, -0.15) is 0 Å². The van der Waals surface area contributed by atoms with E-state index < -0.39 is 6.09 Å². The maximum absolute atomic E-state index is 12.3. The van der Waals surface area contributed by atoms with Crippen LogP contribution in [-0.4, -0.2) is 67.7 Å². The van der Waals surface area contributed by atoms with Crippen LogP contribution in [0.2, 0.25) is 0 Å². The molecule has 1 heterocycles. The van der Waals surface area contributed by atoms with Crippen molar-refractivity contribution in [2.24, 2.45) is 0 Å². The van der Waals surface area contributed by atoms with Crippen molar-refractivity contribution in [1.82, 2.24) is 10.2 Å². The normalized spacial score (nSPS) is 15.6. The summed E-state index contributed by atoms with van der Waals surface area (Å²) in [5.74, 6) is -0.266. The first-order valence-electron chi connectivity index (χ1n) is 10.2. The molecular formula is C23H28N4O4. The van der Waals surface area contributed by atoms with Crippen LogP contribution in [-0.2, 0) is 4.79 Å². The number of benzene rings is 2. The lowest BCUT2D eigenvalue weighted by Crippen LogP contribution is -2.51. The number of fused-ring (bicyclic) bond motifs is 1. The standard InChI is InChI=1S/C23H28N4O4/c1-15-14-26(23(30)31)21-13-19(9-10-20(21)27(15)16(2)28)17-5-7-18(8-6-17)22(29)24-11-12-25(3)4/h5-10,13,15H,11-12,14H2,1-4H3,(H,24,29)(H,30,31)/t15-/m0/s1. The van der Waals surface area contributed by atoms with Crippen molar-refractivity contribution in [2.45, 2.75) is 19.9 Å². The SMILES string of the molecule is CC(=O)N1c2ccc(-c3ccc(C(=O)NCCN(C)C)cc3)cc2N(C(=O)O)C[C@@H]1C. The number of anilines is 2. The van der Waals surface area contributed by atoms with Gasteiger partial charge in [-0.05, 0) is 56.4 Å². The number of carbonyl (C=O) groups is 3. The molecule has 2 N–H and O–H groups in total. The van der Waals surface area contributed by atoms with Gasteiger partial charge in [-0.15, -0.1) is 0 Å². The largest absolute Gasteiger partial charge is 0.465 e. The van der Waals surface area contributed by atoms with Gasteiger partial charge in [0.05, 0.1) is 17.4 Å². The van der Waals surface area contributed by atoms with Gasteiger partial charge >= 0.3 is 6.09 Å². The van der Waals surface area contributed by atoms with Gasteiger partial charge in [-0.25, -0.2) is 4.79 Å². The fourth-order valence-electron chi connectivity index (χ4n) is 3.77. The van der Waals surface area contributed by atoms with Crippen LogP contribution >= 0.6 is 0 Å². The fourth-order valence-corrected chi connectivity index (χ4v) is 3.77. The third-order valence-corrected chi connectivity index (χ3v) is 5.31. The maximum Gasteiger partial charge on any atom is 0.411 e. The first-order chi connectivity index (χ1) is 14.7. The molecule has 0 saturated heterocycles. The highest BCUT2D eigenvalue weighted by Crippen LogP contribution is 2.38. The van der Waals surface area contributed by atoms with Crippen molar-refractivity contribution < 1.29 is 19.5 Å². The number of rotatable bonds is 5. The summed E-state index contributed by atoms with van der Waals surface area (Å²) in [4.78, 5) is 41.1. The van der Waals surface area contributed by atoms with E-state index in [1.165, 1.54) is 11.8 Å². The molecule has 31 heavy (non-hydrogen) atoms. The summed E-state index contributed by atoms with van der Waals surface area (Å²) in [6.45, 7) is 4.84. The highest BCUT2D eigenvalue weighted by atomic mass is 16.4. The van der Waals surface area contributed by atoms with Crippen LogP contribution in [0.3, 0.4) is 0 Å². The molecule has 164 valence electrons. The quantitative estimate of drug-likeness (QED) is 0.770. The summed E-state index contributed by atoms with van der Waals surface area (Å²) >= 11 is 0. The Morgan fingerprint density at radius 3 is 2.29 bits per heavy atom. The Morgan fingerprint density at radius 2 is 1.71 bits per heavy atom. The maximum atomic E-state index is 12.3. The zero-order valence-electron chi connectivity index (χ0n) is 18.3. The third kappa shape index (κ3) is 4.86. The molecule has 0 fully saturated rings. The van der Waals surface area contributed by atoms with Crippen molar-refractivity contribution in [3.05, 3.63) is 48.0 Å². The van der Waals surface area contributed by atoms with Gasteiger partial charge in [-0.3, -0.25) is 14.5 Å². The first kappa shape index (κ1) is 22.3. The molecule has 0 saturated carbocycles. The molecule has 2 aromatic rings. The van der Waals surface area contributed by atoms with Gasteiger partial charge in [0.15, 0.2) is 0 Å². The number of hydrogen-bond donors (Lipinski definition) is 2. The third-order valence-electron chi connectivity index (χ3n) is 5.31. The summed E-state index contributed by atoms with van der Waals surface area (Å²) in [7, 11) is 3.89. The second-order valence-corrected chi connectivity index (χ2v) is 7.97. The second-order valence-electron chi connectivity index (χ2n) is 7.97. The van der Waals surface area contributed by atoms with E-state index in [-0.39, 0.29) is 24.4 Å². The fraction of sp³-hybridized carbons (Fsp3) is 0.348. The number of carbonyl (C=O) groups excluding carboxylic acids is 2. The van der Waals surface area contributed by atoms with Crippen molar-refractivity contribution in [3.63, 3.8) is 0 Å². The van der Waals surface area contributed by atoms with Gasteiger partial charge in [-0.1, -0.05) is 18.2 Å². The van der Waals surface area contributed by atoms with Crippen LogP contribution in [0.25, 0.3) is 11.1 Å². The zero-order chi connectivity index (χ0) is 22.7. The summed E-state index contributed by atoms with van der Waals surface area (Å²) in [6, 6.07) is 12.3. The molecular weight excluding hydrogens is 396 g/mol. The van der Waals surface area contributed by atoms with Crippen molar-refractivity contribution in [1.29, 1.82) is 0 Å². The predicted octanol–water partition coefficient (Wildman–Crippen LogP) is 2.88. The Bertz CT molecular complexity index is 988. The molecule has 3 amide bonds. The van der Waals surface area contributed by atoms with E-state index in [0.717, 1.165) is 17.7 Å². The molecule has 0 bridgehead atoms. The van der Waals surface area contributed by atoms with Gasteiger partial charge in [0.1, 0.15) is 0 Å². The van der Waals surface area contributed by atoms with Crippen LogP contribution in [0.15, 0.2) is 42.5 Å². The molecule has 8 heteroatoms. The van der Waals surface area contributed by atoms with E-state index in [4.69, 9.17) is 0 Å². The number of likely N-dealkylation sites (N-methyl/N-ethyl adjacent to an activating group) is 1. The molecule has 0 aliphatic carbocycles. The minimum Gasteiger partial charge on any atom is -0.465 e. The average molecular weight is 425 g/mol. The van der Waals surface area contributed by atoms with Gasteiger partial charge in [0.2, 0.25) is 5.91 Å². The monoisotopic (exact) mass is 424 g/mol. The average Bonchev–Trinajstić information content (AvgIpc) is 2.72. The van der Waals surface area contributed by atoms with Gasteiger partial charge in [0, 0.05) is 32.1 Å². The molecule has 1 aliphatic rings. The van der Waals surface area contributed by atoms with E-state index in [2.05, 4.69) is 5.32 Å². The van der Waals surface area contributed by atoms with Crippen molar-refractivity contribution >= 4 is 29.3 Å². The Morgan fingerprint density at radius 1 is 1.06 bits per heavy atom. The molecule has 3 rings (SSSR count). The van der Waals surface area contributed by atoms with E-state index in [9.17, 15) is 19.5 Å². The van der Waals surface area contributed by atoms with Gasteiger partial charge in [0.25, 0.3) is 5.91 Å². The Hall–Kier alpha value is -3.39. The topological polar surface area (TPSA) is 93.2 Å². The second kappa shape index (κ2) is 9.18. The minimum atomic E-state index is -1.06. The van der Waals surface area contributed by atoms with E-state index in [1.54, 1.807) is 29.2 Å². The molecule has 8 nitrogen and oxygen atoms in total. The number of nitrogens with one attached hydrogen (secondary N) is 1. The number of nitrogens with zero attached hydrogens (tertiary/aromatic N) is 3. The smallest absolute Gasteiger partial charge is 0.411 e. The lowest BCUT2D eigenvalue weighted by atomic mass is 9.99. The Balaban J connectivity index is 1.87. The van der Waals surface area contributed by atoms with Crippen LogP contribution in [0.5, 0.6) is 0 Å². The lowest BCUT2D eigenvalue weighted by molar-refractivity contribution is -0.117. The highest BCUT2D eigenvalue weighted by Gasteiger charge is 2.33. The highest BCUT2D eigenvalue weighted by molar-refractivity contribution is 6.03. The number of hydrogen-bond acceptors (Lipinski definition) is 4.